The summed E-state index contributed by atoms with van der Waals surface area (Å²) < 4.78 is 0. The summed E-state index contributed by atoms with van der Waals surface area (Å²) in [5.74, 6) is 0. The van der Waals surface area contributed by atoms with Gasteiger partial charge >= 0.3 is 0 Å². The Balaban J connectivity index is 0.000000115. The summed E-state index contributed by atoms with van der Waals surface area (Å²) in [6, 6.07) is 81.8. The number of benzene rings is 9. The lowest BCUT2D eigenvalue weighted by Crippen LogP contribution is -1.77. The van der Waals surface area contributed by atoms with E-state index in [0.29, 0.717) is 0 Å². The monoisotopic (exact) mass is 668 g/mol. The topological polar surface area (TPSA) is 0 Å². The number of fused-ring (bicyclic) bond motifs is 5. The summed E-state index contributed by atoms with van der Waals surface area (Å²) >= 11 is 0. The van der Waals surface area contributed by atoms with Gasteiger partial charge in [0.2, 0.25) is 0 Å². The lowest BCUT2D eigenvalue weighted by Gasteiger charge is -2.00. The zero-order valence-electron chi connectivity index (χ0n) is 29.7. The molecule has 0 spiro atoms. The smallest absolute Gasteiger partial charge is 0.00135 e. The average molecular weight is 669 g/mol. The first-order valence-electron chi connectivity index (χ1n) is 17.9. The predicted molar refractivity (Wildman–Crippen MR) is 226 cm³/mol. The minimum absolute atomic E-state index is 1.10. The predicted octanol–water partition coefficient (Wildman–Crippen LogP) is 14.3. The van der Waals surface area contributed by atoms with Crippen LogP contribution in [0.1, 0.15) is 16.7 Å². The Morgan fingerprint density at radius 3 is 0.865 bits per heavy atom. The lowest BCUT2D eigenvalue weighted by molar-refractivity contribution is 1.26. The molecule has 0 atom stereocenters. The fourth-order valence-corrected chi connectivity index (χ4v) is 6.14. The highest BCUT2D eigenvalue weighted by atomic mass is 14.2. The van der Waals surface area contributed by atoms with Crippen molar-refractivity contribution in [1.82, 2.24) is 0 Å². The van der Waals surface area contributed by atoms with Gasteiger partial charge < -0.3 is 0 Å². The van der Waals surface area contributed by atoms with Gasteiger partial charge in [-0.05, 0) is 80.4 Å². The molecule has 52 heavy (non-hydrogen) atoms. The van der Waals surface area contributed by atoms with Crippen molar-refractivity contribution in [1.29, 1.82) is 0 Å². The molecule has 0 saturated heterocycles. The summed E-state index contributed by atoms with van der Waals surface area (Å²) in [6.07, 6.45) is 1.10. The van der Waals surface area contributed by atoms with E-state index in [0.717, 1.165) is 6.42 Å². The molecular weight excluding hydrogens is 625 g/mol. The molecule has 0 saturated carbocycles. The van der Waals surface area contributed by atoms with Crippen molar-refractivity contribution in [2.75, 3.05) is 0 Å². The molecule has 0 radical (unpaired) electrons. The first-order valence-corrected chi connectivity index (χ1v) is 17.9. The SMILES string of the molecule is Cc1ccccc1.c1ccc(-c2ccccc2)cc1.c1ccc2c(c1)Cc1ccccc1-2.c1ccc2cc3ccccc3cc2c1.c1ccccc1. The molecule has 252 valence electrons. The van der Waals surface area contributed by atoms with E-state index >= 15 is 0 Å². The Bertz CT molecular complexity index is 2150. The molecule has 0 aromatic heterocycles. The number of hydrogen-bond acceptors (Lipinski definition) is 0. The molecule has 0 heteroatoms. The fourth-order valence-electron chi connectivity index (χ4n) is 6.14. The van der Waals surface area contributed by atoms with Crippen LogP contribution in [0.5, 0.6) is 0 Å². The van der Waals surface area contributed by atoms with E-state index in [2.05, 4.69) is 177 Å². The van der Waals surface area contributed by atoms with Crippen LogP contribution in [0.15, 0.2) is 237 Å². The standard InChI is InChI=1S/C14H10.C13H10.C12H10.C7H8.C6H6/c1-2-6-12-10-14-8-4-3-7-13(14)9-11(12)5-1;1-3-7-12-10(5-1)9-11-6-2-4-8-13(11)12;1-3-7-11(8-4-1)12-9-5-2-6-10-12;1-7-5-3-2-4-6-7;1-2-4-6-5-3-1/h1-10H;1-8H,9H2;1-10H;2-6H,1H3;1-6H. The van der Waals surface area contributed by atoms with Crippen LogP contribution in [0, 0.1) is 6.92 Å². The molecule has 9 aromatic rings. The third-order valence-electron chi connectivity index (χ3n) is 8.81. The van der Waals surface area contributed by atoms with Gasteiger partial charge in [0.25, 0.3) is 0 Å². The zero-order valence-corrected chi connectivity index (χ0v) is 29.7. The van der Waals surface area contributed by atoms with Gasteiger partial charge in [-0.15, -0.1) is 0 Å². The molecule has 9 aromatic carbocycles. The van der Waals surface area contributed by atoms with Crippen molar-refractivity contribution < 1.29 is 0 Å². The second-order valence-corrected chi connectivity index (χ2v) is 12.6. The highest BCUT2D eigenvalue weighted by Gasteiger charge is 2.15. The van der Waals surface area contributed by atoms with Crippen LogP contribution in [-0.2, 0) is 6.42 Å². The quantitative estimate of drug-likeness (QED) is 0.153. The first-order chi connectivity index (χ1) is 25.7. The Labute approximate surface area is 309 Å². The highest BCUT2D eigenvalue weighted by molar-refractivity contribution is 5.98. The fraction of sp³-hybridized carbons (Fsp3) is 0.0385. The molecule has 0 N–H and O–H groups in total. The highest BCUT2D eigenvalue weighted by Crippen LogP contribution is 2.35. The van der Waals surface area contributed by atoms with Crippen molar-refractivity contribution in [2.24, 2.45) is 0 Å². The summed E-state index contributed by atoms with van der Waals surface area (Å²) in [4.78, 5) is 0. The number of hydrogen-bond donors (Lipinski definition) is 0. The molecule has 0 fully saturated rings. The van der Waals surface area contributed by atoms with E-state index in [1.54, 1.807) is 0 Å². The van der Waals surface area contributed by atoms with Gasteiger partial charge in [-0.2, -0.15) is 0 Å². The van der Waals surface area contributed by atoms with E-state index in [-0.39, 0.29) is 0 Å². The average Bonchev–Trinajstić information content (AvgIpc) is 3.61. The van der Waals surface area contributed by atoms with Crippen LogP contribution in [0.3, 0.4) is 0 Å². The first kappa shape index (κ1) is 35.3. The van der Waals surface area contributed by atoms with E-state index in [1.807, 2.05) is 66.7 Å². The van der Waals surface area contributed by atoms with Crippen LogP contribution in [0.4, 0.5) is 0 Å². The van der Waals surface area contributed by atoms with E-state index in [1.165, 1.54) is 60.5 Å². The van der Waals surface area contributed by atoms with Gasteiger partial charge in [0.05, 0.1) is 0 Å². The Hall–Kier alpha value is -6.50. The summed E-state index contributed by atoms with van der Waals surface area (Å²) in [6.45, 7) is 2.08. The van der Waals surface area contributed by atoms with Crippen molar-refractivity contribution in [3.8, 4) is 22.3 Å². The zero-order chi connectivity index (χ0) is 35.6. The summed E-state index contributed by atoms with van der Waals surface area (Å²) in [7, 11) is 0. The van der Waals surface area contributed by atoms with Crippen LogP contribution >= 0.6 is 0 Å². The van der Waals surface area contributed by atoms with Crippen molar-refractivity contribution in [3.63, 3.8) is 0 Å². The molecule has 0 bridgehead atoms. The minimum Gasteiger partial charge on any atom is -0.0623 e. The molecule has 0 aliphatic heterocycles. The van der Waals surface area contributed by atoms with Crippen LogP contribution < -0.4 is 0 Å². The van der Waals surface area contributed by atoms with Gasteiger partial charge in [-0.3, -0.25) is 0 Å². The Morgan fingerprint density at radius 1 is 0.269 bits per heavy atom. The van der Waals surface area contributed by atoms with Gasteiger partial charge in [-0.25, -0.2) is 0 Å². The molecule has 0 unspecified atom stereocenters. The normalized spacial score (nSPS) is 10.3. The molecule has 1 aliphatic rings. The molecule has 0 heterocycles. The van der Waals surface area contributed by atoms with E-state index in [9.17, 15) is 0 Å². The third-order valence-corrected chi connectivity index (χ3v) is 8.81. The van der Waals surface area contributed by atoms with Gasteiger partial charge in [0.15, 0.2) is 0 Å². The summed E-state index contributed by atoms with van der Waals surface area (Å²) in [5, 5.41) is 5.25. The van der Waals surface area contributed by atoms with Crippen LogP contribution in [0.25, 0.3) is 43.8 Å². The largest absolute Gasteiger partial charge is 0.0623 e. The number of rotatable bonds is 1. The number of aryl methyl sites for hydroxylation is 1. The van der Waals surface area contributed by atoms with Gasteiger partial charge in [0.1, 0.15) is 0 Å². The van der Waals surface area contributed by atoms with Gasteiger partial charge in [0, 0.05) is 0 Å². The second kappa shape index (κ2) is 19.0. The maximum Gasteiger partial charge on any atom is -0.00135 e. The van der Waals surface area contributed by atoms with Crippen LogP contribution in [0.2, 0.25) is 0 Å². The molecule has 1 aliphatic carbocycles. The molecular formula is C52H44. The maximum absolute atomic E-state index is 2.24. The van der Waals surface area contributed by atoms with Crippen molar-refractivity contribution in [2.45, 2.75) is 13.3 Å². The minimum atomic E-state index is 1.10. The Kier molecular flexibility index (Phi) is 12.9. The van der Waals surface area contributed by atoms with E-state index < -0.39 is 0 Å². The lowest BCUT2D eigenvalue weighted by atomic mass is 10.0. The van der Waals surface area contributed by atoms with Crippen molar-refractivity contribution >= 4 is 21.5 Å². The molecule has 0 amide bonds. The maximum atomic E-state index is 2.24. The van der Waals surface area contributed by atoms with Crippen LogP contribution in [-0.4, -0.2) is 0 Å². The van der Waals surface area contributed by atoms with E-state index in [4.69, 9.17) is 0 Å². The second-order valence-electron chi connectivity index (χ2n) is 12.6. The van der Waals surface area contributed by atoms with Crippen molar-refractivity contribution in [3.05, 3.63) is 253 Å². The molecule has 10 rings (SSSR count). The van der Waals surface area contributed by atoms with Gasteiger partial charge in [-0.1, -0.05) is 230 Å². The summed E-state index contributed by atoms with van der Waals surface area (Å²) in [5.41, 5.74) is 9.63. The third kappa shape index (κ3) is 10.3. The molecule has 0 nitrogen and oxygen atoms in total. The Morgan fingerprint density at radius 2 is 0.538 bits per heavy atom.